The summed E-state index contributed by atoms with van der Waals surface area (Å²) in [6, 6.07) is 4.59. The topological polar surface area (TPSA) is 29.5 Å². The van der Waals surface area contributed by atoms with Gasteiger partial charge in [0.1, 0.15) is 11.6 Å². The van der Waals surface area contributed by atoms with Crippen molar-refractivity contribution in [2.45, 2.75) is 32.3 Å². The van der Waals surface area contributed by atoms with Gasteiger partial charge in [-0.3, -0.25) is 0 Å². The van der Waals surface area contributed by atoms with Crippen molar-refractivity contribution in [1.82, 2.24) is 0 Å². The van der Waals surface area contributed by atoms with Crippen molar-refractivity contribution in [2.24, 2.45) is 5.92 Å². The monoisotopic (exact) mass is 224 g/mol. The van der Waals surface area contributed by atoms with E-state index >= 15 is 0 Å². The highest BCUT2D eigenvalue weighted by Crippen LogP contribution is 2.42. The lowest BCUT2D eigenvalue weighted by Gasteiger charge is -2.13. The van der Waals surface area contributed by atoms with Crippen LogP contribution in [0.2, 0.25) is 0 Å². The average Bonchev–Trinajstić information content (AvgIpc) is 3.11. The molecule has 1 atom stereocenters. The number of rotatable bonds is 5. The van der Waals surface area contributed by atoms with Crippen LogP contribution in [0.1, 0.15) is 37.9 Å². The lowest BCUT2D eigenvalue weighted by Crippen LogP contribution is -2.04. The van der Waals surface area contributed by atoms with Crippen molar-refractivity contribution in [2.75, 3.05) is 6.61 Å². The lowest BCUT2D eigenvalue weighted by atomic mass is 10.0. The summed E-state index contributed by atoms with van der Waals surface area (Å²) in [6.07, 6.45) is 2.21. The summed E-state index contributed by atoms with van der Waals surface area (Å²) in [4.78, 5) is 0. The number of aliphatic hydroxyl groups excluding tert-OH is 1. The fraction of sp³-hybridized carbons (Fsp3) is 0.538. The van der Waals surface area contributed by atoms with Gasteiger partial charge in [-0.25, -0.2) is 4.39 Å². The molecule has 1 fully saturated rings. The zero-order chi connectivity index (χ0) is 11.5. The predicted octanol–water partition coefficient (Wildman–Crippen LogP) is 3.06. The van der Waals surface area contributed by atoms with Gasteiger partial charge in [-0.2, -0.15) is 0 Å². The summed E-state index contributed by atoms with van der Waals surface area (Å²) in [7, 11) is 0. The predicted molar refractivity (Wildman–Crippen MR) is 59.9 cm³/mol. The largest absolute Gasteiger partial charge is 0.494 e. The Morgan fingerprint density at radius 3 is 2.88 bits per heavy atom. The van der Waals surface area contributed by atoms with Gasteiger partial charge >= 0.3 is 0 Å². The Morgan fingerprint density at radius 1 is 1.50 bits per heavy atom. The van der Waals surface area contributed by atoms with E-state index < -0.39 is 6.10 Å². The second kappa shape index (κ2) is 4.83. The van der Waals surface area contributed by atoms with Crippen LogP contribution in [0.4, 0.5) is 4.39 Å². The number of hydrogen-bond acceptors (Lipinski definition) is 2. The normalized spacial score (nSPS) is 17.2. The molecule has 0 aromatic heterocycles. The molecule has 3 heteroatoms. The van der Waals surface area contributed by atoms with E-state index in [9.17, 15) is 9.50 Å². The number of ether oxygens (including phenoxy) is 1. The first-order valence-electron chi connectivity index (χ1n) is 5.82. The van der Waals surface area contributed by atoms with E-state index in [0.717, 1.165) is 19.3 Å². The van der Waals surface area contributed by atoms with Crippen molar-refractivity contribution in [3.8, 4) is 5.75 Å². The molecular formula is C13H17FO2. The highest BCUT2D eigenvalue weighted by Gasteiger charge is 2.32. The summed E-state index contributed by atoms with van der Waals surface area (Å²) in [5, 5.41) is 9.90. The minimum absolute atomic E-state index is 0.232. The standard InChI is InChI=1S/C13H17FO2/c1-2-7-16-10-5-6-12(14)11(8-10)13(15)9-3-4-9/h5-6,8-9,13,15H,2-4,7H2,1H3. The molecule has 0 aliphatic heterocycles. The summed E-state index contributed by atoms with van der Waals surface area (Å²) < 4.78 is 18.9. The summed E-state index contributed by atoms with van der Waals surface area (Å²) >= 11 is 0. The highest BCUT2D eigenvalue weighted by molar-refractivity contribution is 5.32. The average molecular weight is 224 g/mol. The minimum atomic E-state index is -0.676. The van der Waals surface area contributed by atoms with E-state index in [1.165, 1.54) is 6.07 Å². The number of hydrogen-bond donors (Lipinski definition) is 1. The Kier molecular flexibility index (Phi) is 3.44. The van der Waals surface area contributed by atoms with Crippen LogP contribution in [-0.2, 0) is 0 Å². The molecule has 1 unspecified atom stereocenters. The zero-order valence-corrected chi connectivity index (χ0v) is 9.45. The molecule has 1 aromatic carbocycles. The van der Waals surface area contributed by atoms with Crippen LogP contribution in [-0.4, -0.2) is 11.7 Å². The Labute approximate surface area is 95.1 Å². The van der Waals surface area contributed by atoms with E-state index in [1.54, 1.807) is 12.1 Å². The fourth-order valence-corrected chi connectivity index (χ4v) is 1.72. The molecule has 2 rings (SSSR count). The van der Waals surface area contributed by atoms with Crippen LogP contribution in [0, 0.1) is 11.7 Å². The van der Waals surface area contributed by atoms with Gasteiger partial charge in [-0.1, -0.05) is 6.92 Å². The first kappa shape index (κ1) is 11.4. The number of benzene rings is 1. The van der Waals surface area contributed by atoms with Crippen LogP contribution >= 0.6 is 0 Å². The Hall–Kier alpha value is -1.09. The Morgan fingerprint density at radius 2 is 2.25 bits per heavy atom. The third-order valence-corrected chi connectivity index (χ3v) is 2.83. The highest BCUT2D eigenvalue weighted by atomic mass is 19.1. The van der Waals surface area contributed by atoms with Gasteiger partial charge in [0.15, 0.2) is 0 Å². The summed E-state index contributed by atoms with van der Waals surface area (Å²) in [5.74, 6) is 0.525. The molecule has 88 valence electrons. The van der Waals surface area contributed by atoms with E-state index in [-0.39, 0.29) is 11.7 Å². The lowest BCUT2D eigenvalue weighted by molar-refractivity contribution is 0.148. The molecule has 1 aromatic rings. The van der Waals surface area contributed by atoms with Gasteiger partial charge in [-0.15, -0.1) is 0 Å². The van der Waals surface area contributed by atoms with Gasteiger partial charge in [-0.05, 0) is 43.4 Å². The fourth-order valence-electron chi connectivity index (χ4n) is 1.72. The molecule has 1 aliphatic carbocycles. The second-order valence-corrected chi connectivity index (χ2v) is 4.31. The SMILES string of the molecule is CCCOc1ccc(F)c(C(O)C2CC2)c1. The van der Waals surface area contributed by atoms with Crippen molar-refractivity contribution in [1.29, 1.82) is 0 Å². The molecule has 16 heavy (non-hydrogen) atoms. The van der Waals surface area contributed by atoms with Crippen molar-refractivity contribution >= 4 is 0 Å². The maximum Gasteiger partial charge on any atom is 0.129 e. The van der Waals surface area contributed by atoms with Crippen molar-refractivity contribution < 1.29 is 14.2 Å². The molecule has 0 saturated heterocycles. The summed E-state index contributed by atoms with van der Waals surface area (Å²) in [6.45, 7) is 2.63. The molecule has 0 amide bonds. The first-order valence-corrected chi connectivity index (χ1v) is 5.82. The van der Waals surface area contributed by atoms with Gasteiger partial charge in [0, 0.05) is 5.56 Å². The molecule has 0 spiro atoms. The van der Waals surface area contributed by atoms with Gasteiger partial charge in [0.2, 0.25) is 0 Å². The molecule has 1 N–H and O–H groups in total. The van der Waals surface area contributed by atoms with Crippen LogP contribution in [0.15, 0.2) is 18.2 Å². The van der Waals surface area contributed by atoms with Gasteiger partial charge in [0.25, 0.3) is 0 Å². The first-order chi connectivity index (χ1) is 7.72. The summed E-state index contributed by atoms with van der Waals surface area (Å²) in [5.41, 5.74) is 0.371. The maximum absolute atomic E-state index is 13.5. The number of halogens is 1. The number of aliphatic hydroxyl groups is 1. The van der Waals surface area contributed by atoms with Crippen LogP contribution in [0.25, 0.3) is 0 Å². The third kappa shape index (κ3) is 2.53. The smallest absolute Gasteiger partial charge is 0.129 e. The van der Waals surface area contributed by atoms with Gasteiger partial charge < -0.3 is 9.84 Å². The van der Waals surface area contributed by atoms with Crippen molar-refractivity contribution in [3.63, 3.8) is 0 Å². The van der Waals surface area contributed by atoms with Crippen LogP contribution in [0.3, 0.4) is 0 Å². The van der Waals surface area contributed by atoms with E-state index in [0.29, 0.717) is 17.9 Å². The minimum Gasteiger partial charge on any atom is -0.494 e. The molecular weight excluding hydrogens is 207 g/mol. The van der Waals surface area contributed by atoms with E-state index in [2.05, 4.69) is 0 Å². The quantitative estimate of drug-likeness (QED) is 0.833. The molecule has 1 aliphatic rings. The van der Waals surface area contributed by atoms with E-state index in [4.69, 9.17) is 4.74 Å². The second-order valence-electron chi connectivity index (χ2n) is 4.31. The molecule has 0 bridgehead atoms. The molecule has 2 nitrogen and oxygen atoms in total. The zero-order valence-electron chi connectivity index (χ0n) is 9.45. The van der Waals surface area contributed by atoms with Gasteiger partial charge in [0.05, 0.1) is 12.7 Å². The molecule has 0 heterocycles. The van der Waals surface area contributed by atoms with Crippen molar-refractivity contribution in [3.05, 3.63) is 29.6 Å². The Bertz CT molecular complexity index is 361. The van der Waals surface area contributed by atoms with Crippen LogP contribution < -0.4 is 4.74 Å². The maximum atomic E-state index is 13.5. The third-order valence-electron chi connectivity index (χ3n) is 2.83. The Balaban J connectivity index is 2.14. The van der Waals surface area contributed by atoms with E-state index in [1.807, 2.05) is 6.92 Å². The molecule has 1 saturated carbocycles. The molecule has 0 radical (unpaired) electrons. The van der Waals surface area contributed by atoms with Crippen LogP contribution in [0.5, 0.6) is 5.75 Å².